The summed E-state index contributed by atoms with van der Waals surface area (Å²) in [7, 11) is 0. The molecule has 5 nitrogen and oxygen atoms in total. The fourth-order valence-corrected chi connectivity index (χ4v) is 4.20. The Labute approximate surface area is 156 Å². The highest BCUT2D eigenvalue weighted by Crippen LogP contribution is 2.26. The molecule has 0 spiro atoms. The lowest BCUT2D eigenvalue weighted by atomic mass is 10.2. The van der Waals surface area contributed by atoms with Gasteiger partial charge in [-0.05, 0) is 44.9 Å². The van der Waals surface area contributed by atoms with Gasteiger partial charge in [0.05, 0.1) is 11.9 Å². The van der Waals surface area contributed by atoms with Gasteiger partial charge in [-0.2, -0.15) is 0 Å². The molecule has 0 amide bonds. The van der Waals surface area contributed by atoms with Crippen LogP contribution in [0.5, 0.6) is 0 Å². The lowest BCUT2D eigenvalue weighted by Crippen LogP contribution is -2.17. The number of para-hydroxylation sites is 2. The van der Waals surface area contributed by atoms with Crippen molar-refractivity contribution >= 4 is 28.6 Å². The Morgan fingerprint density at radius 2 is 2.19 bits per heavy atom. The van der Waals surface area contributed by atoms with Crippen LogP contribution in [0.2, 0.25) is 0 Å². The molecule has 2 aromatic heterocycles. The van der Waals surface area contributed by atoms with Crippen LogP contribution < -0.4 is 0 Å². The first-order valence-corrected chi connectivity index (χ1v) is 9.90. The van der Waals surface area contributed by atoms with Crippen molar-refractivity contribution in [3.63, 3.8) is 0 Å². The van der Waals surface area contributed by atoms with Crippen molar-refractivity contribution in [3.8, 4) is 0 Å². The van der Waals surface area contributed by atoms with Crippen LogP contribution in [0.15, 0.2) is 40.0 Å². The molecule has 136 valence electrons. The minimum absolute atomic E-state index is 0.101. The van der Waals surface area contributed by atoms with Crippen LogP contribution in [0.3, 0.4) is 0 Å². The molecular weight excluding hydrogens is 348 g/mol. The molecule has 0 N–H and O–H groups in total. The summed E-state index contributed by atoms with van der Waals surface area (Å²) < 4.78 is 13.6. The maximum Gasteiger partial charge on any atom is 0.257 e. The zero-order valence-electron chi connectivity index (χ0n) is 15.0. The Morgan fingerprint density at radius 3 is 2.96 bits per heavy atom. The molecule has 26 heavy (non-hydrogen) atoms. The Morgan fingerprint density at radius 1 is 1.35 bits per heavy atom. The van der Waals surface area contributed by atoms with Crippen LogP contribution >= 0.6 is 11.8 Å². The highest BCUT2D eigenvalue weighted by Gasteiger charge is 2.21. The number of hydrogen-bond acceptors (Lipinski definition) is 5. The third-order valence-corrected chi connectivity index (χ3v) is 5.71. The summed E-state index contributed by atoms with van der Waals surface area (Å²) in [5.74, 6) is 0.417. The molecule has 0 aliphatic carbocycles. The first kappa shape index (κ1) is 17.4. The van der Waals surface area contributed by atoms with E-state index in [1.807, 2.05) is 44.2 Å². The molecule has 1 fully saturated rings. The van der Waals surface area contributed by atoms with Crippen LogP contribution in [0.25, 0.3) is 11.1 Å². The first-order valence-electron chi connectivity index (χ1n) is 8.91. The molecule has 4 rings (SSSR count). The van der Waals surface area contributed by atoms with Crippen molar-refractivity contribution < 1.29 is 13.9 Å². The van der Waals surface area contributed by atoms with Crippen LogP contribution in [-0.4, -0.2) is 33.8 Å². The smallest absolute Gasteiger partial charge is 0.257 e. The van der Waals surface area contributed by atoms with Gasteiger partial charge in [-0.1, -0.05) is 23.9 Å². The van der Waals surface area contributed by atoms with Crippen molar-refractivity contribution in [1.29, 1.82) is 0 Å². The van der Waals surface area contributed by atoms with E-state index in [1.165, 1.54) is 11.8 Å². The number of aryl methyl sites for hydroxylation is 1. The van der Waals surface area contributed by atoms with Crippen LogP contribution in [-0.2, 0) is 11.3 Å². The van der Waals surface area contributed by atoms with Gasteiger partial charge in [-0.25, -0.2) is 4.98 Å². The fraction of sp³-hybridized carbons (Fsp3) is 0.400. The van der Waals surface area contributed by atoms with Gasteiger partial charge in [0.2, 0.25) is 0 Å². The number of rotatable bonds is 6. The van der Waals surface area contributed by atoms with Gasteiger partial charge in [0.25, 0.3) is 5.22 Å². The number of carbonyl (C=O) groups excluding carboxylic acids is 1. The third-order valence-electron chi connectivity index (χ3n) is 4.89. The molecule has 3 heterocycles. The number of carbonyl (C=O) groups is 1. The van der Waals surface area contributed by atoms with Gasteiger partial charge in [-0.15, -0.1) is 0 Å². The molecule has 0 saturated carbocycles. The Kier molecular flexibility index (Phi) is 4.87. The number of aromatic nitrogens is 2. The second-order valence-corrected chi connectivity index (χ2v) is 7.62. The number of hydrogen-bond donors (Lipinski definition) is 0. The minimum atomic E-state index is 0.101. The van der Waals surface area contributed by atoms with Crippen molar-refractivity contribution in [3.05, 3.63) is 47.3 Å². The summed E-state index contributed by atoms with van der Waals surface area (Å²) in [6.07, 6.45) is 2.47. The molecule has 1 aliphatic rings. The molecule has 0 bridgehead atoms. The third kappa shape index (κ3) is 3.44. The summed E-state index contributed by atoms with van der Waals surface area (Å²) in [5, 5.41) is 0.535. The number of Topliss-reactive ketones (excluding diaryl/α,β-unsaturated/α-hetero) is 1. The van der Waals surface area contributed by atoms with Crippen molar-refractivity contribution in [2.24, 2.45) is 0 Å². The van der Waals surface area contributed by atoms with Crippen molar-refractivity contribution in [2.75, 3.05) is 12.4 Å². The lowest BCUT2D eigenvalue weighted by Gasteiger charge is -2.14. The molecule has 3 aromatic rings. The van der Waals surface area contributed by atoms with Gasteiger partial charge in [-0.3, -0.25) is 4.79 Å². The lowest BCUT2D eigenvalue weighted by molar-refractivity contribution is 0.0957. The van der Waals surface area contributed by atoms with Crippen molar-refractivity contribution in [1.82, 2.24) is 9.55 Å². The van der Waals surface area contributed by atoms with Gasteiger partial charge in [0.1, 0.15) is 5.52 Å². The zero-order chi connectivity index (χ0) is 18.1. The van der Waals surface area contributed by atoms with E-state index in [2.05, 4.69) is 9.55 Å². The van der Waals surface area contributed by atoms with Gasteiger partial charge in [0.15, 0.2) is 11.4 Å². The summed E-state index contributed by atoms with van der Waals surface area (Å²) in [6, 6.07) is 9.61. The maximum atomic E-state index is 12.7. The second kappa shape index (κ2) is 7.29. The Balaban J connectivity index is 1.45. The van der Waals surface area contributed by atoms with E-state index >= 15 is 0 Å². The SMILES string of the molecule is Cc1cc(C(=O)CSc2nc3ccccc3o2)c(C)n1C[C@@H]1CCCO1. The van der Waals surface area contributed by atoms with E-state index in [0.29, 0.717) is 11.0 Å². The second-order valence-electron chi connectivity index (χ2n) is 6.69. The molecule has 1 atom stereocenters. The van der Waals surface area contributed by atoms with E-state index in [1.54, 1.807) is 0 Å². The van der Waals surface area contributed by atoms with E-state index in [0.717, 1.165) is 54.0 Å². The fourth-order valence-electron chi connectivity index (χ4n) is 3.47. The highest BCUT2D eigenvalue weighted by molar-refractivity contribution is 7.99. The van der Waals surface area contributed by atoms with E-state index in [4.69, 9.17) is 9.15 Å². The first-order chi connectivity index (χ1) is 12.6. The summed E-state index contributed by atoms with van der Waals surface area (Å²) in [6.45, 7) is 5.73. The Hall–Kier alpha value is -2.05. The largest absolute Gasteiger partial charge is 0.431 e. The molecule has 0 radical (unpaired) electrons. The van der Waals surface area contributed by atoms with Crippen LogP contribution in [0.4, 0.5) is 0 Å². The minimum Gasteiger partial charge on any atom is -0.431 e. The predicted molar refractivity (Wildman–Crippen MR) is 102 cm³/mol. The van der Waals surface area contributed by atoms with Crippen LogP contribution in [0.1, 0.15) is 34.6 Å². The van der Waals surface area contributed by atoms with E-state index < -0.39 is 0 Å². The number of ketones is 1. The number of benzene rings is 1. The molecule has 1 saturated heterocycles. The number of thioether (sulfide) groups is 1. The number of fused-ring (bicyclic) bond motifs is 1. The maximum absolute atomic E-state index is 12.7. The summed E-state index contributed by atoms with van der Waals surface area (Å²) >= 11 is 1.34. The molecular formula is C20H22N2O3S. The van der Waals surface area contributed by atoms with Gasteiger partial charge in [0, 0.05) is 30.1 Å². The van der Waals surface area contributed by atoms with Crippen molar-refractivity contribution in [2.45, 2.75) is 44.6 Å². The summed E-state index contributed by atoms with van der Waals surface area (Å²) in [5.41, 5.74) is 4.47. The quantitative estimate of drug-likeness (QED) is 0.475. The molecule has 6 heteroatoms. The summed E-state index contributed by atoms with van der Waals surface area (Å²) in [4.78, 5) is 17.1. The Bertz CT molecular complexity index is 905. The van der Waals surface area contributed by atoms with Crippen LogP contribution in [0, 0.1) is 13.8 Å². The van der Waals surface area contributed by atoms with Gasteiger partial charge < -0.3 is 13.7 Å². The van der Waals surface area contributed by atoms with E-state index in [-0.39, 0.29) is 11.9 Å². The van der Waals surface area contributed by atoms with E-state index in [9.17, 15) is 4.79 Å². The monoisotopic (exact) mass is 370 g/mol. The number of nitrogens with zero attached hydrogens (tertiary/aromatic N) is 2. The average Bonchev–Trinajstić information content (AvgIpc) is 3.35. The molecule has 0 unspecified atom stereocenters. The highest BCUT2D eigenvalue weighted by atomic mass is 32.2. The normalized spacial score (nSPS) is 17.2. The average molecular weight is 370 g/mol. The predicted octanol–water partition coefficient (Wildman–Crippen LogP) is 4.40. The molecule has 1 aliphatic heterocycles. The standard InChI is InChI=1S/C20H22N2O3S/c1-13-10-16(14(2)22(13)11-15-6-5-9-24-15)18(23)12-26-20-21-17-7-3-4-8-19(17)25-20/h3-4,7-8,10,15H,5-6,9,11-12H2,1-2H3/t15-/m0/s1. The number of ether oxygens (including phenoxy) is 1. The van der Waals surface area contributed by atoms with Gasteiger partial charge >= 0.3 is 0 Å². The zero-order valence-corrected chi connectivity index (χ0v) is 15.8. The molecule has 1 aromatic carbocycles. The number of oxazole rings is 1. The topological polar surface area (TPSA) is 57.3 Å².